The third-order valence-electron chi connectivity index (χ3n) is 3.51. The van der Waals surface area contributed by atoms with Gasteiger partial charge in [0.1, 0.15) is 5.75 Å². The van der Waals surface area contributed by atoms with Crippen LogP contribution in [0.1, 0.15) is 23.6 Å². The number of amides is 1. The van der Waals surface area contributed by atoms with Gasteiger partial charge in [-0.3, -0.25) is 4.79 Å². The molecular formula is C19H21NO2. The van der Waals surface area contributed by atoms with Crippen LogP contribution in [0.25, 0.3) is 6.08 Å². The van der Waals surface area contributed by atoms with Gasteiger partial charge in [0.2, 0.25) is 5.91 Å². The van der Waals surface area contributed by atoms with Crippen molar-refractivity contribution < 1.29 is 9.53 Å². The molecule has 0 aliphatic heterocycles. The van der Waals surface area contributed by atoms with Crippen LogP contribution < -0.4 is 10.1 Å². The molecule has 0 aromatic heterocycles. The van der Waals surface area contributed by atoms with Gasteiger partial charge < -0.3 is 10.1 Å². The second-order valence-electron chi connectivity index (χ2n) is 5.06. The van der Waals surface area contributed by atoms with Gasteiger partial charge in [-0.05, 0) is 48.2 Å². The Morgan fingerprint density at radius 2 is 2.00 bits per heavy atom. The molecule has 1 N–H and O–H groups in total. The van der Waals surface area contributed by atoms with E-state index < -0.39 is 0 Å². The molecular weight excluding hydrogens is 274 g/mol. The standard InChI is InChI=1S/C19H21NO2/c1-4-16-9-5-7-14(2)19(16)20-18(21)12-11-15-8-6-10-17(13-15)22-3/h5-13H,4H2,1-3H3,(H,20,21). The molecule has 3 nitrogen and oxygen atoms in total. The summed E-state index contributed by atoms with van der Waals surface area (Å²) in [4.78, 5) is 12.1. The molecule has 2 rings (SSSR count). The second-order valence-corrected chi connectivity index (χ2v) is 5.06. The summed E-state index contributed by atoms with van der Waals surface area (Å²) in [5.74, 6) is 0.640. The van der Waals surface area contributed by atoms with Crippen LogP contribution in [0.3, 0.4) is 0 Å². The van der Waals surface area contributed by atoms with Crippen molar-refractivity contribution in [1.29, 1.82) is 0 Å². The Hall–Kier alpha value is -2.55. The number of anilines is 1. The highest BCUT2D eigenvalue weighted by molar-refractivity contribution is 6.02. The molecule has 1 amide bonds. The molecule has 3 heteroatoms. The number of carbonyl (C=O) groups excluding carboxylic acids is 1. The topological polar surface area (TPSA) is 38.3 Å². The molecule has 0 aliphatic carbocycles. The fourth-order valence-corrected chi connectivity index (χ4v) is 2.28. The van der Waals surface area contributed by atoms with Crippen LogP contribution in [0.2, 0.25) is 0 Å². The van der Waals surface area contributed by atoms with Crippen molar-refractivity contribution in [2.45, 2.75) is 20.3 Å². The molecule has 0 saturated carbocycles. The Kier molecular flexibility index (Phi) is 5.37. The predicted molar refractivity (Wildman–Crippen MR) is 91.2 cm³/mol. The number of nitrogens with one attached hydrogen (secondary N) is 1. The molecule has 0 bridgehead atoms. The first-order valence-electron chi connectivity index (χ1n) is 7.35. The summed E-state index contributed by atoms with van der Waals surface area (Å²) < 4.78 is 5.17. The molecule has 0 saturated heterocycles. The third-order valence-corrected chi connectivity index (χ3v) is 3.51. The molecule has 0 heterocycles. The quantitative estimate of drug-likeness (QED) is 0.839. The first kappa shape index (κ1) is 15.8. The second kappa shape index (κ2) is 7.46. The number of para-hydroxylation sites is 1. The smallest absolute Gasteiger partial charge is 0.248 e. The summed E-state index contributed by atoms with van der Waals surface area (Å²) in [7, 11) is 1.62. The molecule has 2 aromatic rings. The number of methoxy groups -OCH3 is 1. The Balaban J connectivity index is 2.11. The minimum Gasteiger partial charge on any atom is -0.497 e. The minimum atomic E-state index is -0.133. The van der Waals surface area contributed by atoms with Gasteiger partial charge in [-0.25, -0.2) is 0 Å². The van der Waals surface area contributed by atoms with E-state index in [0.717, 1.165) is 34.5 Å². The van der Waals surface area contributed by atoms with Gasteiger partial charge in [-0.15, -0.1) is 0 Å². The summed E-state index contributed by atoms with van der Waals surface area (Å²) in [6, 6.07) is 13.6. The normalized spacial score (nSPS) is 10.7. The summed E-state index contributed by atoms with van der Waals surface area (Å²) in [5, 5.41) is 2.97. The van der Waals surface area contributed by atoms with Crippen molar-refractivity contribution in [2.75, 3.05) is 12.4 Å². The molecule has 0 aliphatic rings. The molecule has 0 spiro atoms. The maximum absolute atomic E-state index is 12.1. The Morgan fingerprint density at radius 1 is 1.23 bits per heavy atom. The van der Waals surface area contributed by atoms with Crippen LogP contribution in [0.5, 0.6) is 5.75 Å². The summed E-state index contributed by atoms with van der Waals surface area (Å²) in [6.45, 7) is 4.08. The van der Waals surface area contributed by atoms with E-state index in [4.69, 9.17) is 4.74 Å². The van der Waals surface area contributed by atoms with Gasteiger partial charge in [-0.2, -0.15) is 0 Å². The van der Waals surface area contributed by atoms with E-state index in [1.807, 2.05) is 49.4 Å². The fourth-order valence-electron chi connectivity index (χ4n) is 2.28. The number of hydrogen-bond acceptors (Lipinski definition) is 2. The summed E-state index contributed by atoms with van der Waals surface area (Å²) in [5.41, 5.74) is 4.05. The van der Waals surface area contributed by atoms with E-state index in [2.05, 4.69) is 12.2 Å². The molecule has 0 atom stereocenters. The van der Waals surface area contributed by atoms with Gasteiger partial charge in [-0.1, -0.05) is 37.3 Å². The minimum absolute atomic E-state index is 0.133. The average molecular weight is 295 g/mol. The molecule has 0 radical (unpaired) electrons. The molecule has 0 fully saturated rings. The third kappa shape index (κ3) is 3.98. The van der Waals surface area contributed by atoms with E-state index in [9.17, 15) is 4.79 Å². The first-order chi connectivity index (χ1) is 10.6. The Bertz CT molecular complexity index is 690. The van der Waals surface area contributed by atoms with Crippen molar-refractivity contribution >= 4 is 17.7 Å². The number of benzene rings is 2. The number of aryl methyl sites for hydroxylation is 2. The van der Waals surface area contributed by atoms with Gasteiger partial charge in [0.25, 0.3) is 0 Å². The van der Waals surface area contributed by atoms with Crippen molar-refractivity contribution in [3.8, 4) is 5.75 Å². The number of carbonyl (C=O) groups is 1. The van der Waals surface area contributed by atoms with E-state index in [-0.39, 0.29) is 5.91 Å². The largest absolute Gasteiger partial charge is 0.497 e. The van der Waals surface area contributed by atoms with Crippen LogP contribution in [0.4, 0.5) is 5.69 Å². The van der Waals surface area contributed by atoms with Gasteiger partial charge in [0.05, 0.1) is 7.11 Å². The van der Waals surface area contributed by atoms with E-state index >= 15 is 0 Å². The Labute approximate surface area is 131 Å². The maximum Gasteiger partial charge on any atom is 0.248 e. The zero-order valence-corrected chi connectivity index (χ0v) is 13.2. The fraction of sp³-hybridized carbons (Fsp3) is 0.211. The van der Waals surface area contributed by atoms with Crippen LogP contribution >= 0.6 is 0 Å². The van der Waals surface area contributed by atoms with Crippen LogP contribution in [-0.4, -0.2) is 13.0 Å². The number of rotatable bonds is 5. The SMILES string of the molecule is CCc1cccc(C)c1NC(=O)C=Cc1cccc(OC)c1. The highest BCUT2D eigenvalue weighted by atomic mass is 16.5. The summed E-state index contributed by atoms with van der Waals surface area (Å²) in [6.07, 6.45) is 4.21. The van der Waals surface area contributed by atoms with Crippen molar-refractivity contribution in [1.82, 2.24) is 0 Å². The van der Waals surface area contributed by atoms with Gasteiger partial charge in [0, 0.05) is 11.8 Å². The molecule has 114 valence electrons. The van der Waals surface area contributed by atoms with Crippen LogP contribution in [0.15, 0.2) is 48.5 Å². The highest BCUT2D eigenvalue weighted by Crippen LogP contribution is 2.21. The monoisotopic (exact) mass is 295 g/mol. The van der Waals surface area contributed by atoms with Crippen molar-refractivity contribution in [2.24, 2.45) is 0 Å². The first-order valence-corrected chi connectivity index (χ1v) is 7.35. The zero-order valence-electron chi connectivity index (χ0n) is 13.2. The molecule has 2 aromatic carbocycles. The summed E-state index contributed by atoms with van der Waals surface area (Å²) >= 11 is 0. The van der Waals surface area contributed by atoms with E-state index in [1.165, 1.54) is 0 Å². The lowest BCUT2D eigenvalue weighted by Crippen LogP contribution is -2.11. The van der Waals surface area contributed by atoms with E-state index in [1.54, 1.807) is 19.3 Å². The van der Waals surface area contributed by atoms with E-state index in [0.29, 0.717) is 0 Å². The average Bonchev–Trinajstić information content (AvgIpc) is 2.55. The maximum atomic E-state index is 12.1. The molecule has 0 unspecified atom stereocenters. The number of ether oxygens (including phenoxy) is 1. The van der Waals surface area contributed by atoms with Crippen molar-refractivity contribution in [3.63, 3.8) is 0 Å². The van der Waals surface area contributed by atoms with Crippen LogP contribution in [0, 0.1) is 6.92 Å². The van der Waals surface area contributed by atoms with Gasteiger partial charge in [0.15, 0.2) is 0 Å². The Morgan fingerprint density at radius 3 is 2.73 bits per heavy atom. The predicted octanol–water partition coefficient (Wildman–Crippen LogP) is 4.22. The highest BCUT2D eigenvalue weighted by Gasteiger charge is 2.06. The molecule has 22 heavy (non-hydrogen) atoms. The van der Waals surface area contributed by atoms with Gasteiger partial charge >= 0.3 is 0 Å². The number of hydrogen-bond donors (Lipinski definition) is 1. The zero-order chi connectivity index (χ0) is 15.9. The lowest BCUT2D eigenvalue weighted by molar-refractivity contribution is -0.111. The van der Waals surface area contributed by atoms with Crippen LogP contribution in [-0.2, 0) is 11.2 Å². The lowest BCUT2D eigenvalue weighted by atomic mass is 10.1. The van der Waals surface area contributed by atoms with Crippen molar-refractivity contribution in [3.05, 3.63) is 65.2 Å². The lowest BCUT2D eigenvalue weighted by Gasteiger charge is -2.11.